The number of nitro benzene ring substituents is 1. The van der Waals surface area contributed by atoms with E-state index < -0.39 is 11.0 Å². The average molecular weight is 242 g/mol. The number of nitrogen functional groups attached to an aromatic ring is 1. The van der Waals surface area contributed by atoms with Crippen molar-refractivity contribution in [1.29, 1.82) is 0 Å². The molecule has 0 aliphatic rings. The van der Waals surface area contributed by atoms with Crippen LogP contribution in [-0.4, -0.2) is 34.4 Å². The Labute approximate surface area is 97.2 Å². The van der Waals surface area contributed by atoms with Crippen molar-refractivity contribution in [3.8, 4) is 0 Å². The molecule has 8 nitrogen and oxygen atoms in total. The van der Waals surface area contributed by atoms with Crippen molar-refractivity contribution in [3.63, 3.8) is 0 Å². The summed E-state index contributed by atoms with van der Waals surface area (Å²) >= 11 is 0. The Morgan fingerprint density at radius 1 is 1.41 bits per heavy atom. The van der Waals surface area contributed by atoms with Crippen molar-refractivity contribution < 1.29 is 15.1 Å². The van der Waals surface area contributed by atoms with E-state index in [9.17, 15) is 10.1 Å². The van der Waals surface area contributed by atoms with Gasteiger partial charge in [-0.05, 0) is 6.07 Å². The fourth-order valence-electron chi connectivity index (χ4n) is 1.20. The second-order valence-electron chi connectivity index (χ2n) is 3.39. The number of anilines is 2. The summed E-state index contributed by atoms with van der Waals surface area (Å²) in [6, 6.07) is 4.15. The lowest BCUT2D eigenvalue weighted by molar-refractivity contribution is -0.384. The summed E-state index contributed by atoms with van der Waals surface area (Å²) in [6.45, 7) is -0.300. The zero-order chi connectivity index (χ0) is 12.8. The normalized spacial score (nSPS) is 11.9. The number of benzene rings is 1. The van der Waals surface area contributed by atoms with Crippen molar-refractivity contribution in [2.45, 2.75) is 6.10 Å². The molecule has 0 radical (unpaired) electrons. The third-order valence-corrected chi connectivity index (χ3v) is 2.05. The summed E-state index contributed by atoms with van der Waals surface area (Å²) in [5, 5.41) is 31.2. The number of non-ortho nitro benzene ring substituents is 1. The molecule has 0 aliphatic heterocycles. The van der Waals surface area contributed by atoms with E-state index in [0.29, 0.717) is 11.4 Å². The van der Waals surface area contributed by atoms with Gasteiger partial charge in [0.2, 0.25) is 0 Å². The standard InChI is InChI=1S/C9H14N4O4/c10-12-7-1-6(11-4-9(15)5-14)2-8(3-7)13(16)17/h1-3,9,11-12,14-15H,4-5,10H2. The third-order valence-electron chi connectivity index (χ3n) is 2.05. The maximum Gasteiger partial charge on any atom is 0.273 e. The Morgan fingerprint density at radius 3 is 2.59 bits per heavy atom. The lowest BCUT2D eigenvalue weighted by Gasteiger charge is -2.11. The summed E-state index contributed by atoms with van der Waals surface area (Å²) in [7, 11) is 0. The fourth-order valence-corrected chi connectivity index (χ4v) is 1.20. The molecule has 0 spiro atoms. The van der Waals surface area contributed by atoms with Crippen LogP contribution in [0.3, 0.4) is 0 Å². The van der Waals surface area contributed by atoms with E-state index in [1.165, 1.54) is 12.1 Å². The minimum Gasteiger partial charge on any atom is -0.394 e. The molecule has 0 bridgehead atoms. The first-order valence-corrected chi connectivity index (χ1v) is 4.85. The molecule has 8 heteroatoms. The number of nitrogens with zero attached hydrogens (tertiary/aromatic N) is 1. The van der Waals surface area contributed by atoms with Crippen molar-refractivity contribution >= 4 is 17.1 Å². The third kappa shape index (κ3) is 3.87. The van der Waals surface area contributed by atoms with Gasteiger partial charge in [-0.25, -0.2) is 0 Å². The van der Waals surface area contributed by atoms with Gasteiger partial charge in [-0.15, -0.1) is 0 Å². The number of hydrogen-bond donors (Lipinski definition) is 5. The summed E-state index contributed by atoms with van der Waals surface area (Å²) in [5.41, 5.74) is 2.99. The Hall–Kier alpha value is -1.90. The van der Waals surface area contributed by atoms with E-state index in [2.05, 4.69) is 10.7 Å². The molecule has 1 aromatic carbocycles. The molecule has 1 rings (SSSR count). The van der Waals surface area contributed by atoms with E-state index in [1.807, 2.05) is 0 Å². The van der Waals surface area contributed by atoms with Gasteiger partial charge in [-0.1, -0.05) is 0 Å². The molecule has 0 aromatic heterocycles. The minimum atomic E-state index is -0.927. The van der Waals surface area contributed by atoms with E-state index in [4.69, 9.17) is 16.1 Å². The zero-order valence-electron chi connectivity index (χ0n) is 8.96. The Morgan fingerprint density at radius 2 is 2.06 bits per heavy atom. The lowest BCUT2D eigenvalue weighted by Crippen LogP contribution is -2.23. The van der Waals surface area contributed by atoms with Crippen LogP contribution in [0.2, 0.25) is 0 Å². The second-order valence-corrected chi connectivity index (χ2v) is 3.39. The average Bonchev–Trinajstić information content (AvgIpc) is 2.35. The maximum absolute atomic E-state index is 10.6. The van der Waals surface area contributed by atoms with Crippen LogP contribution in [0.15, 0.2) is 18.2 Å². The molecule has 1 aromatic rings. The molecule has 0 saturated heterocycles. The van der Waals surface area contributed by atoms with Gasteiger partial charge in [0.15, 0.2) is 0 Å². The van der Waals surface area contributed by atoms with Crippen LogP contribution in [-0.2, 0) is 0 Å². The van der Waals surface area contributed by atoms with E-state index >= 15 is 0 Å². The predicted molar refractivity (Wildman–Crippen MR) is 62.5 cm³/mol. The van der Waals surface area contributed by atoms with Crippen LogP contribution in [0, 0.1) is 10.1 Å². The molecule has 94 valence electrons. The quantitative estimate of drug-likeness (QED) is 0.261. The zero-order valence-corrected chi connectivity index (χ0v) is 8.96. The maximum atomic E-state index is 10.6. The molecule has 6 N–H and O–H groups in total. The molecule has 1 atom stereocenters. The minimum absolute atomic E-state index is 0.0850. The van der Waals surface area contributed by atoms with Crippen LogP contribution in [0.1, 0.15) is 0 Å². The summed E-state index contributed by atoms with van der Waals surface area (Å²) in [5.74, 6) is 5.18. The molecular formula is C9H14N4O4. The first kappa shape index (κ1) is 13.2. The summed E-state index contributed by atoms with van der Waals surface area (Å²) < 4.78 is 0. The SMILES string of the molecule is NNc1cc(NCC(O)CO)cc([N+](=O)[O-])c1. The number of hydrazine groups is 1. The molecule has 17 heavy (non-hydrogen) atoms. The lowest BCUT2D eigenvalue weighted by atomic mass is 10.2. The van der Waals surface area contributed by atoms with Crippen LogP contribution in [0.25, 0.3) is 0 Å². The molecule has 0 saturated carbocycles. The monoisotopic (exact) mass is 242 g/mol. The molecule has 0 heterocycles. The van der Waals surface area contributed by atoms with E-state index in [0.717, 1.165) is 0 Å². The van der Waals surface area contributed by atoms with Crippen LogP contribution in [0.5, 0.6) is 0 Å². The van der Waals surface area contributed by atoms with Crippen molar-refractivity contribution in [3.05, 3.63) is 28.3 Å². The largest absolute Gasteiger partial charge is 0.394 e. The number of nitrogens with two attached hydrogens (primary N) is 1. The van der Waals surface area contributed by atoms with Crippen molar-refractivity contribution in [2.24, 2.45) is 5.84 Å². The van der Waals surface area contributed by atoms with Crippen LogP contribution >= 0.6 is 0 Å². The number of aliphatic hydroxyl groups excluding tert-OH is 2. The smallest absolute Gasteiger partial charge is 0.273 e. The van der Waals surface area contributed by atoms with Gasteiger partial charge < -0.3 is 21.0 Å². The number of hydrogen-bond acceptors (Lipinski definition) is 7. The highest BCUT2D eigenvalue weighted by molar-refractivity contribution is 5.63. The predicted octanol–water partition coefficient (Wildman–Crippen LogP) is -0.355. The van der Waals surface area contributed by atoms with Crippen molar-refractivity contribution in [2.75, 3.05) is 23.9 Å². The highest BCUT2D eigenvalue weighted by atomic mass is 16.6. The van der Waals surface area contributed by atoms with Gasteiger partial charge in [0.05, 0.1) is 23.3 Å². The van der Waals surface area contributed by atoms with Gasteiger partial charge in [0, 0.05) is 24.4 Å². The van der Waals surface area contributed by atoms with Crippen LogP contribution < -0.4 is 16.6 Å². The van der Waals surface area contributed by atoms with Gasteiger partial charge in [-0.3, -0.25) is 16.0 Å². The first-order valence-electron chi connectivity index (χ1n) is 4.85. The molecule has 0 aliphatic carbocycles. The highest BCUT2D eigenvalue weighted by Crippen LogP contribution is 2.23. The van der Waals surface area contributed by atoms with E-state index in [1.54, 1.807) is 6.07 Å². The molecule has 0 fully saturated rings. The fraction of sp³-hybridized carbons (Fsp3) is 0.333. The van der Waals surface area contributed by atoms with Crippen molar-refractivity contribution in [1.82, 2.24) is 0 Å². The summed E-state index contributed by atoms with van der Waals surface area (Å²) in [6.07, 6.45) is -0.927. The van der Waals surface area contributed by atoms with Crippen LogP contribution in [0.4, 0.5) is 17.1 Å². The number of aliphatic hydroxyl groups is 2. The Balaban J connectivity index is 2.83. The van der Waals surface area contributed by atoms with Gasteiger partial charge in [-0.2, -0.15) is 0 Å². The van der Waals surface area contributed by atoms with E-state index in [-0.39, 0.29) is 18.8 Å². The van der Waals surface area contributed by atoms with Gasteiger partial charge in [0.1, 0.15) is 0 Å². The first-order chi connectivity index (χ1) is 8.06. The Bertz CT molecular complexity index is 399. The second kappa shape index (κ2) is 5.99. The van der Waals surface area contributed by atoms with Gasteiger partial charge >= 0.3 is 0 Å². The topological polar surface area (TPSA) is 134 Å². The molecule has 1 unspecified atom stereocenters. The number of nitro groups is 1. The Kier molecular flexibility index (Phi) is 4.64. The highest BCUT2D eigenvalue weighted by Gasteiger charge is 2.10. The number of nitrogens with one attached hydrogen (secondary N) is 2. The van der Waals surface area contributed by atoms with Gasteiger partial charge in [0.25, 0.3) is 5.69 Å². The summed E-state index contributed by atoms with van der Waals surface area (Å²) in [4.78, 5) is 10.1. The number of rotatable bonds is 6. The molecule has 0 amide bonds. The molecular weight excluding hydrogens is 228 g/mol.